The fraction of sp³-hybridized carbons (Fsp3) is 0.300. The summed E-state index contributed by atoms with van der Waals surface area (Å²) < 4.78 is 59.1. The molecule has 2 heterocycles. The van der Waals surface area contributed by atoms with E-state index < -0.39 is 17.8 Å². The number of ether oxygens (including phenoxy) is 1. The molecule has 1 fully saturated rings. The van der Waals surface area contributed by atoms with Crippen molar-refractivity contribution in [3.63, 3.8) is 0 Å². The molecule has 1 saturated heterocycles. The van der Waals surface area contributed by atoms with Crippen LogP contribution in [0.3, 0.4) is 0 Å². The van der Waals surface area contributed by atoms with Crippen molar-refractivity contribution in [2.45, 2.75) is 25.1 Å². The number of alkyl halides is 3. The van der Waals surface area contributed by atoms with Crippen molar-refractivity contribution in [2.75, 3.05) is 18.4 Å². The van der Waals surface area contributed by atoms with Gasteiger partial charge in [-0.25, -0.2) is 14.2 Å². The number of nitrogens with zero attached hydrogens (tertiary/aromatic N) is 2. The Hall–Kier alpha value is -2.88. The van der Waals surface area contributed by atoms with Crippen LogP contribution in [0.5, 0.6) is 5.19 Å². The van der Waals surface area contributed by atoms with Crippen LogP contribution in [-0.4, -0.2) is 35.1 Å². The Labute approximate surface area is 173 Å². The van der Waals surface area contributed by atoms with E-state index in [1.807, 2.05) is 0 Å². The highest BCUT2D eigenvalue weighted by molar-refractivity contribution is 7.20. The monoisotopic (exact) mass is 439 g/mol. The molecule has 158 valence electrons. The van der Waals surface area contributed by atoms with Crippen molar-refractivity contribution >= 4 is 33.3 Å². The van der Waals surface area contributed by atoms with Crippen molar-refractivity contribution in [3.8, 4) is 5.19 Å². The molecule has 1 aliphatic heterocycles. The number of rotatable bonds is 3. The maximum atomic E-state index is 13.3. The highest BCUT2D eigenvalue weighted by atomic mass is 32.1. The van der Waals surface area contributed by atoms with E-state index in [4.69, 9.17) is 4.74 Å². The molecule has 1 aliphatic rings. The quantitative estimate of drug-likeness (QED) is 0.546. The highest BCUT2D eigenvalue weighted by Gasteiger charge is 2.34. The molecule has 5 nitrogen and oxygen atoms in total. The number of likely N-dealkylation sites (tertiary alicyclic amines) is 1. The molecule has 2 amide bonds. The van der Waals surface area contributed by atoms with Crippen LogP contribution < -0.4 is 10.1 Å². The van der Waals surface area contributed by atoms with E-state index in [1.165, 1.54) is 46.6 Å². The normalized spacial score (nSPS) is 15.4. The van der Waals surface area contributed by atoms with Crippen molar-refractivity contribution < 1.29 is 27.1 Å². The summed E-state index contributed by atoms with van der Waals surface area (Å²) >= 11 is 1.25. The number of aromatic nitrogens is 1. The first kappa shape index (κ1) is 20.4. The predicted molar refractivity (Wildman–Crippen MR) is 105 cm³/mol. The molecule has 30 heavy (non-hydrogen) atoms. The van der Waals surface area contributed by atoms with Gasteiger partial charge < -0.3 is 15.0 Å². The molecule has 4 rings (SSSR count). The van der Waals surface area contributed by atoms with Gasteiger partial charge in [0.2, 0.25) is 0 Å². The lowest BCUT2D eigenvalue weighted by Crippen LogP contribution is -2.44. The molecule has 10 heteroatoms. The van der Waals surface area contributed by atoms with Gasteiger partial charge in [-0.1, -0.05) is 23.5 Å². The highest BCUT2D eigenvalue weighted by Crippen LogP contribution is 2.35. The number of anilines is 1. The van der Waals surface area contributed by atoms with Gasteiger partial charge in [0.05, 0.1) is 21.5 Å². The van der Waals surface area contributed by atoms with Crippen LogP contribution in [0.15, 0.2) is 42.5 Å². The molecule has 0 aliphatic carbocycles. The summed E-state index contributed by atoms with van der Waals surface area (Å²) in [5.41, 5.74) is -0.504. The molecule has 2 aromatic carbocycles. The second-order valence-corrected chi connectivity index (χ2v) is 7.86. The zero-order valence-electron chi connectivity index (χ0n) is 15.6. The Morgan fingerprint density at radius 2 is 1.90 bits per heavy atom. The van der Waals surface area contributed by atoms with Crippen molar-refractivity contribution in [1.82, 2.24) is 9.88 Å². The summed E-state index contributed by atoms with van der Waals surface area (Å²) in [6, 6.07) is 8.60. The summed E-state index contributed by atoms with van der Waals surface area (Å²) in [5.74, 6) is -0.343. The first-order valence-electron chi connectivity index (χ1n) is 9.24. The van der Waals surface area contributed by atoms with Gasteiger partial charge in [-0.2, -0.15) is 13.2 Å². The summed E-state index contributed by atoms with van der Waals surface area (Å²) in [6.45, 7) is 0.675. The van der Waals surface area contributed by atoms with E-state index in [2.05, 4.69) is 10.3 Å². The van der Waals surface area contributed by atoms with E-state index in [0.717, 1.165) is 6.07 Å². The number of thiazole rings is 1. The van der Waals surface area contributed by atoms with Gasteiger partial charge in [0.25, 0.3) is 5.19 Å². The molecule has 1 N–H and O–H groups in total. The van der Waals surface area contributed by atoms with Crippen LogP contribution in [0, 0.1) is 5.82 Å². The summed E-state index contributed by atoms with van der Waals surface area (Å²) in [5, 5.41) is 2.78. The predicted octanol–water partition coefficient (Wildman–Crippen LogP) is 5.53. The zero-order valence-corrected chi connectivity index (χ0v) is 16.4. The number of halogens is 4. The van der Waals surface area contributed by atoms with Crippen LogP contribution in [0.1, 0.15) is 18.4 Å². The van der Waals surface area contributed by atoms with Gasteiger partial charge in [0.1, 0.15) is 11.9 Å². The zero-order chi connectivity index (χ0) is 21.3. The van der Waals surface area contributed by atoms with Crippen LogP contribution in [0.4, 0.5) is 28.0 Å². The van der Waals surface area contributed by atoms with Crippen molar-refractivity contribution in [1.29, 1.82) is 0 Å². The second-order valence-electron chi connectivity index (χ2n) is 6.87. The molecule has 3 aromatic rings. The number of para-hydroxylation sites is 1. The first-order chi connectivity index (χ1) is 14.3. The van der Waals surface area contributed by atoms with E-state index >= 15 is 0 Å². The third-order valence-electron chi connectivity index (χ3n) is 4.80. The van der Waals surface area contributed by atoms with E-state index in [1.54, 1.807) is 6.07 Å². The number of nitrogens with one attached hydrogen (secondary N) is 1. The molecule has 0 unspecified atom stereocenters. The molecule has 1 aromatic heterocycles. The van der Waals surface area contributed by atoms with Gasteiger partial charge in [0, 0.05) is 25.9 Å². The molecule has 0 atom stereocenters. The number of carbonyl (C=O) groups excluding carboxylic acids is 1. The summed E-state index contributed by atoms with van der Waals surface area (Å²) in [7, 11) is 0. The Balaban J connectivity index is 1.34. The van der Waals surface area contributed by atoms with E-state index in [9.17, 15) is 22.4 Å². The lowest BCUT2D eigenvalue weighted by molar-refractivity contribution is -0.136. The van der Waals surface area contributed by atoms with Gasteiger partial charge in [-0.15, -0.1) is 0 Å². The lowest BCUT2D eigenvalue weighted by Gasteiger charge is -2.31. The standard InChI is InChI=1S/C20H17F4N3O2S/c21-12-5-6-16-17(11-12)30-19(26-16)29-13-7-9-27(10-8-13)18(28)25-15-4-2-1-3-14(15)20(22,23)24/h1-6,11,13H,7-10H2,(H,25,28). The minimum absolute atomic E-state index is 0.179. The average Bonchev–Trinajstić information content (AvgIpc) is 3.09. The van der Waals surface area contributed by atoms with Crippen LogP contribution >= 0.6 is 11.3 Å². The molecule has 0 bridgehead atoms. The molecule has 0 saturated carbocycles. The van der Waals surface area contributed by atoms with Gasteiger partial charge in [0.15, 0.2) is 0 Å². The third kappa shape index (κ3) is 4.48. The number of hydrogen-bond acceptors (Lipinski definition) is 4. The minimum atomic E-state index is -4.55. The number of carbonyl (C=O) groups is 1. The third-order valence-corrected chi connectivity index (χ3v) is 5.71. The Morgan fingerprint density at radius 1 is 1.17 bits per heavy atom. The van der Waals surface area contributed by atoms with E-state index in [0.29, 0.717) is 41.3 Å². The summed E-state index contributed by atoms with van der Waals surface area (Å²) in [6.07, 6.45) is -3.70. The number of hydrogen-bond donors (Lipinski definition) is 1. The average molecular weight is 439 g/mol. The second kappa shape index (κ2) is 8.10. The Morgan fingerprint density at radius 3 is 2.63 bits per heavy atom. The maximum Gasteiger partial charge on any atom is 0.418 e. The summed E-state index contributed by atoms with van der Waals surface area (Å²) in [4.78, 5) is 18.2. The number of piperidine rings is 1. The number of benzene rings is 2. The van der Waals surface area contributed by atoms with Gasteiger partial charge in [-0.05, 0) is 30.3 Å². The Kier molecular flexibility index (Phi) is 5.50. The van der Waals surface area contributed by atoms with Crippen LogP contribution in [-0.2, 0) is 6.18 Å². The molecule has 0 radical (unpaired) electrons. The van der Waals surface area contributed by atoms with Crippen LogP contribution in [0.2, 0.25) is 0 Å². The SMILES string of the molecule is O=C(Nc1ccccc1C(F)(F)F)N1CCC(Oc2nc3ccc(F)cc3s2)CC1. The number of fused-ring (bicyclic) bond motifs is 1. The molecule has 0 spiro atoms. The number of urea groups is 1. The van der Waals surface area contributed by atoms with Crippen molar-refractivity contribution in [3.05, 3.63) is 53.8 Å². The smallest absolute Gasteiger partial charge is 0.418 e. The van der Waals surface area contributed by atoms with Crippen molar-refractivity contribution in [2.24, 2.45) is 0 Å². The van der Waals surface area contributed by atoms with Crippen LogP contribution in [0.25, 0.3) is 10.2 Å². The fourth-order valence-electron chi connectivity index (χ4n) is 3.28. The largest absolute Gasteiger partial charge is 0.467 e. The molecular weight excluding hydrogens is 422 g/mol. The molecular formula is C20H17F4N3O2S. The first-order valence-corrected chi connectivity index (χ1v) is 10.1. The minimum Gasteiger partial charge on any atom is -0.467 e. The Bertz CT molecular complexity index is 1060. The van der Waals surface area contributed by atoms with E-state index in [-0.39, 0.29) is 17.6 Å². The maximum absolute atomic E-state index is 13.3. The lowest BCUT2D eigenvalue weighted by atomic mass is 10.1. The van der Waals surface area contributed by atoms with Gasteiger partial charge in [-0.3, -0.25) is 0 Å². The van der Waals surface area contributed by atoms with Gasteiger partial charge >= 0.3 is 12.2 Å². The topological polar surface area (TPSA) is 54.5 Å². The number of amides is 2. The fourth-order valence-corrected chi connectivity index (χ4v) is 4.19.